The second kappa shape index (κ2) is 11.4. The summed E-state index contributed by atoms with van der Waals surface area (Å²) < 4.78 is 26.4. The number of ether oxygens (including phenoxy) is 1. The number of halogens is 2. The van der Waals surface area contributed by atoms with E-state index in [2.05, 4.69) is 37.6 Å². The topological polar surface area (TPSA) is 88.2 Å². The molecule has 0 radical (unpaired) electrons. The van der Waals surface area contributed by atoms with E-state index in [1.165, 1.54) is 11.1 Å². The number of nitrogens with one attached hydrogen (secondary N) is 3. The van der Waals surface area contributed by atoms with Crippen molar-refractivity contribution in [1.82, 2.24) is 20.6 Å². The molecule has 6 rings (SSSR count). The molecule has 7 nitrogen and oxygen atoms in total. The van der Waals surface area contributed by atoms with Crippen molar-refractivity contribution in [3.8, 4) is 22.5 Å². The molecule has 2 aromatic carbocycles. The van der Waals surface area contributed by atoms with Crippen molar-refractivity contribution < 1.29 is 13.9 Å². The number of hydrogen-bond acceptors (Lipinski definition) is 6. The first-order valence-corrected chi connectivity index (χ1v) is 16.2. The van der Waals surface area contributed by atoms with Gasteiger partial charge in [-0.05, 0) is 79.5 Å². The molecule has 1 atom stereocenters. The van der Waals surface area contributed by atoms with E-state index < -0.39 is 26.7 Å². The van der Waals surface area contributed by atoms with Crippen LogP contribution in [0.2, 0.25) is 0 Å². The van der Waals surface area contributed by atoms with E-state index in [1.807, 2.05) is 18.2 Å². The Hall–Kier alpha value is -2.76. The van der Waals surface area contributed by atoms with E-state index >= 15 is 4.39 Å². The summed E-state index contributed by atoms with van der Waals surface area (Å²) in [6, 6.07) is 10.5. The minimum absolute atomic E-state index is 0.0566. The van der Waals surface area contributed by atoms with Gasteiger partial charge < -0.3 is 20.7 Å². The van der Waals surface area contributed by atoms with E-state index in [9.17, 15) is 4.79 Å². The van der Waals surface area contributed by atoms with Crippen LogP contribution in [0.15, 0.2) is 30.3 Å². The van der Waals surface area contributed by atoms with Gasteiger partial charge >= 0.3 is 0 Å². The molecule has 9 heteroatoms. The van der Waals surface area contributed by atoms with Crippen molar-refractivity contribution in [1.29, 1.82) is 0 Å². The first-order chi connectivity index (χ1) is 19.1. The minimum Gasteiger partial charge on any atom is -0.381 e. The Kier molecular flexibility index (Phi) is 7.72. The number of amides is 1. The number of benzene rings is 2. The molecule has 4 heterocycles. The number of hydrogen-bond donors (Lipinski definition) is 3. The van der Waals surface area contributed by atoms with Gasteiger partial charge in [0.1, 0.15) is 11.4 Å². The smallest absolute Gasteiger partial charge is 0.251 e. The molecule has 39 heavy (non-hydrogen) atoms. The SMILES string of the molecule is C=Ic1cc2c(cc1-c1nc(-c3ccc(C4CCOCC4)c([C@@H]4CCCN4)c3)c(F)nc1NC)CCNC2=O. The van der Waals surface area contributed by atoms with Gasteiger partial charge in [-0.1, -0.05) is 37.4 Å². The molecule has 0 spiro atoms. The molecule has 0 bridgehead atoms. The van der Waals surface area contributed by atoms with Gasteiger partial charge in [0.15, 0.2) is 5.82 Å². The molecule has 1 aromatic heterocycles. The Morgan fingerprint density at radius 1 is 1.05 bits per heavy atom. The highest BCUT2D eigenvalue weighted by atomic mass is 127. The van der Waals surface area contributed by atoms with Crippen molar-refractivity contribution in [3.63, 3.8) is 0 Å². The Morgan fingerprint density at radius 3 is 2.64 bits per heavy atom. The van der Waals surface area contributed by atoms with Crippen LogP contribution in [0.1, 0.15) is 64.7 Å². The number of anilines is 1. The lowest BCUT2D eigenvalue weighted by molar-refractivity contribution is 0.0850. The molecule has 2 saturated heterocycles. The van der Waals surface area contributed by atoms with Crippen molar-refractivity contribution in [2.75, 3.05) is 38.7 Å². The number of rotatable bonds is 6. The third kappa shape index (κ3) is 5.12. The van der Waals surface area contributed by atoms with Crippen LogP contribution in [0.4, 0.5) is 10.2 Å². The van der Waals surface area contributed by atoms with Crippen molar-refractivity contribution in [2.45, 2.75) is 44.1 Å². The second-order valence-corrected chi connectivity index (χ2v) is 12.2. The van der Waals surface area contributed by atoms with Crippen LogP contribution < -0.4 is 16.0 Å². The maximum Gasteiger partial charge on any atom is 0.251 e. The minimum atomic E-state index is -0.628. The van der Waals surface area contributed by atoms with Crippen LogP contribution in [0, 0.1) is 9.52 Å². The Labute approximate surface area is 238 Å². The van der Waals surface area contributed by atoms with Gasteiger partial charge in [0, 0.05) is 53.1 Å². The zero-order valence-electron chi connectivity index (χ0n) is 22.1. The van der Waals surface area contributed by atoms with Crippen molar-refractivity contribution >= 4 is 37.0 Å². The van der Waals surface area contributed by atoms with E-state index in [-0.39, 0.29) is 17.6 Å². The van der Waals surface area contributed by atoms with Crippen molar-refractivity contribution in [3.05, 3.63) is 62.1 Å². The number of fused-ring (bicyclic) bond motifs is 1. The highest BCUT2D eigenvalue weighted by Crippen LogP contribution is 2.39. The fourth-order valence-electron chi connectivity index (χ4n) is 6.05. The molecular formula is C30H33FIN5O2. The lowest BCUT2D eigenvalue weighted by Crippen LogP contribution is -2.32. The summed E-state index contributed by atoms with van der Waals surface area (Å²) in [5.41, 5.74) is 6.68. The molecule has 3 aliphatic rings. The summed E-state index contributed by atoms with van der Waals surface area (Å²) >= 11 is -0.628. The number of aromatic nitrogens is 2. The molecular weight excluding hydrogens is 608 g/mol. The third-order valence-electron chi connectivity index (χ3n) is 8.06. The maximum atomic E-state index is 15.6. The zero-order valence-corrected chi connectivity index (χ0v) is 24.2. The lowest BCUT2D eigenvalue weighted by atomic mass is 9.84. The average Bonchev–Trinajstić information content (AvgIpc) is 3.52. The third-order valence-corrected chi connectivity index (χ3v) is 9.78. The van der Waals surface area contributed by atoms with E-state index in [0.717, 1.165) is 72.1 Å². The summed E-state index contributed by atoms with van der Waals surface area (Å²) in [7, 11) is 1.73. The van der Waals surface area contributed by atoms with Gasteiger partial charge in [0.25, 0.3) is 5.91 Å². The molecule has 204 valence electrons. The molecule has 0 unspecified atom stereocenters. The van der Waals surface area contributed by atoms with Gasteiger partial charge in [0.2, 0.25) is 5.95 Å². The first-order valence-electron chi connectivity index (χ1n) is 13.6. The summed E-state index contributed by atoms with van der Waals surface area (Å²) in [6.45, 7) is 3.14. The summed E-state index contributed by atoms with van der Waals surface area (Å²) in [6.07, 6.45) is 4.94. The fraction of sp³-hybridized carbons (Fsp3) is 0.400. The van der Waals surface area contributed by atoms with Gasteiger partial charge in [-0.2, -0.15) is 9.37 Å². The summed E-state index contributed by atoms with van der Waals surface area (Å²) in [5, 5.41) is 9.60. The van der Waals surface area contributed by atoms with Crippen molar-refractivity contribution in [2.24, 2.45) is 0 Å². The molecule has 0 aliphatic carbocycles. The number of carbonyl (C=O) groups is 1. The molecule has 1 amide bonds. The van der Waals surface area contributed by atoms with E-state index in [4.69, 9.17) is 9.72 Å². The molecule has 3 aliphatic heterocycles. The van der Waals surface area contributed by atoms with Crippen LogP contribution >= 0.6 is 20.7 Å². The zero-order chi connectivity index (χ0) is 26.9. The van der Waals surface area contributed by atoms with E-state index in [0.29, 0.717) is 29.5 Å². The van der Waals surface area contributed by atoms with Crippen LogP contribution in [0.25, 0.3) is 22.5 Å². The maximum absolute atomic E-state index is 15.6. The Morgan fingerprint density at radius 2 is 1.90 bits per heavy atom. The normalized spacial score (nSPS) is 19.5. The summed E-state index contributed by atoms with van der Waals surface area (Å²) in [5.74, 6) is 0.167. The monoisotopic (exact) mass is 641 g/mol. The van der Waals surface area contributed by atoms with Gasteiger partial charge in [-0.25, -0.2) is 4.98 Å². The standard InChI is InChI=1S/C30H33FIN5O2/c1-32-24-16-21-18(7-11-35-30(21)38)14-23(24)27-29(33-2)37-28(31)26(36-27)19-5-6-20(17-8-12-39-13-9-17)22(15-19)25-4-3-10-34-25/h5-6,14-17,25,34H,1,3-4,7-13H2,2H3,(H,33,37)(H,35,38)/t25-/m0/s1. The van der Waals surface area contributed by atoms with Gasteiger partial charge in [-0.3, -0.25) is 4.79 Å². The van der Waals surface area contributed by atoms with Crippen LogP contribution in [-0.4, -0.2) is 53.7 Å². The van der Waals surface area contributed by atoms with Crippen LogP contribution in [0.5, 0.6) is 0 Å². The predicted octanol–water partition coefficient (Wildman–Crippen LogP) is 5.17. The quantitative estimate of drug-likeness (QED) is 0.322. The second-order valence-electron chi connectivity index (χ2n) is 10.3. The Balaban J connectivity index is 1.48. The van der Waals surface area contributed by atoms with Crippen LogP contribution in [0.3, 0.4) is 0 Å². The highest BCUT2D eigenvalue weighted by molar-refractivity contribution is 14.2. The highest BCUT2D eigenvalue weighted by Gasteiger charge is 2.27. The number of nitrogens with zero attached hydrogens (tertiary/aromatic N) is 2. The first kappa shape index (κ1) is 26.5. The van der Waals surface area contributed by atoms with Gasteiger partial charge in [0.05, 0.1) is 0 Å². The Bertz CT molecular complexity index is 1430. The van der Waals surface area contributed by atoms with Gasteiger partial charge in [-0.15, -0.1) is 0 Å². The average molecular weight is 642 g/mol. The fourth-order valence-corrected chi connectivity index (χ4v) is 7.40. The molecule has 3 aromatic rings. The van der Waals surface area contributed by atoms with E-state index in [1.54, 1.807) is 7.05 Å². The largest absolute Gasteiger partial charge is 0.381 e. The predicted molar refractivity (Wildman–Crippen MR) is 161 cm³/mol. The number of carbonyl (C=O) groups excluding carboxylic acids is 1. The molecule has 2 fully saturated rings. The lowest BCUT2D eigenvalue weighted by Gasteiger charge is -2.27. The molecule has 0 saturated carbocycles. The summed E-state index contributed by atoms with van der Waals surface area (Å²) in [4.78, 5) is 21.7. The van der Waals surface area contributed by atoms with Crippen LogP contribution in [-0.2, 0) is 11.2 Å². The molecule has 3 N–H and O–H groups in total.